The molecule has 1 aliphatic rings. The SMILES string of the molecule is O=C(Nc1cccn2cc(-c3ccccc3)nc12)C1CCNCC1. The van der Waals surface area contributed by atoms with Gasteiger partial charge < -0.3 is 15.0 Å². The third kappa shape index (κ3) is 2.90. The maximum absolute atomic E-state index is 12.5. The predicted molar refractivity (Wildman–Crippen MR) is 94.9 cm³/mol. The number of anilines is 1. The Morgan fingerprint density at radius 2 is 1.92 bits per heavy atom. The molecule has 1 amide bonds. The van der Waals surface area contributed by atoms with Crippen LogP contribution in [0.2, 0.25) is 0 Å². The molecule has 1 fully saturated rings. The Hall–Kier alpha value is -2.66. The van der Waals surface area contributed by atoms with E-state index in [1.807, 2.05) is 59.3 Å². The van der Waals surface area contributed by atoms with Gasteiger partial charge in [-0.05, 0) is 38.1 Å². The second-order valence-corrected chi connectivity index (χ2v) is 6.16. The number of piperidine rings is 1. The highest BCUT2D eigenvalue weighted by molar-refractivity contribution is 5.96. The molecule has 24 heavy (non-hydrogen) atoms. The summed E-state index contributed by atoms with van der Waals surface area (Å²) in [5.74, 6) is 0.170. The molecule has 122 valence electrons. The molecule has 3 heterocycles. The van der Waals surface area contributed by atoms with Gasteiger partial charge in [0.05, 0.1) is 11.4 Å². The average Bonchev–Trinajstić information content (AvgIpc) is 3.08. The molecule has 0 radical (unpaired) electrons. The zero-order valence-corrected chi connectivity index (χ0v) is 13.4. The number of nitrogens with one attached hydrogen (secondary N) is 2. The van der Waals surface area contributed by atoms with Gasteiger partial charge in [0.25, 0.3) is 0 Å². The number of aromatic nitrogens is 2. The van der Waals surface area contributed by atoms with E-state index in [2.05, 4.69) is 10.6 Å². The highest BCUT2D eigenvalue weighted by Crippen LogP contribution is 2.24. The van der Waals surface area contributed by atoms with Crippen LogP contribution < -0.4 is 10.6 Å². The number of benzene rings is 1. The number of carbonyl (C=O) groups excluding carboxylic acids is 1. The fourth-order valence-electron chi connectivity index (χ4n) is 3.18. The molecular weight excluding hydrogens is 300 g/mol. The molecule has 2 N–H and O–H groups in total. The fourth-order valence-corrected chi connectivity index (χ4v) is 3.18. The van der Waals surface area contributed by atoms with Gasteiger partial charge >= 0.3 is 0 Å². The first-order valence-corrected chi connectivity index (χ1v) is 8.36. The van der Waals surface area contributed by atoms with Gasteiger partial charge in [-0.15, -0.1) is 0 Å². The Morgan fingerprint density at radius 1 is 1.12 bits per heavy atom. The Kier molecular flexibility index (Phi) is 4.01. The molecule has 5 heteroatoms. The minimum atomic E-state index is 0.0788. The Bertz CT molecular complexity index is 850. The van der Waals surface area contributed by atoms with Gasteiger partial charge in [-0.25, -0.2) is 4.98 Å². The zero-order valence-electron chi connectivity index (χ0n) is 13.4. The third-order valence-electron chi connectivity index (χ3n) is 4.52. The second-order valence-electron chi connectivity index (χ2n) is 6.16. The summed E-state index contributed by atoms with van der Waals surface area (Å²) < 4.78 is 1.96. The first kappa shape index (κ1) is 14.9. The van der Waals surface area contributed by atoms with Gasteiger partial charge in [-0.2, -0.15) is 0 Å². The summed E-state index contributed by atoms with van der Waals surface area (Å²) in [6, 6.07) is 13.9. The summed E-state index contributed by atoms with van der Waals surface area (Å²) in [6.07, 6.45) is 5.72. The molecule has 2 aromatic heterocycles. The van der Waals surface area contributed by atoms with Gasteiger partial charge in [0, 0.05) is 23.9 Å². The summed E-state index contributed by atoms with van der Waals surface area (Å²) in [7, 11) is 0. The number of imidazole rings is 1. The molecular formula is C19H20N4O. The lowest BCUT2D eigenvalue weighted by molar-refractivity contribution is -0.120. The molecule has 4 rings (SSSR count). The van der Waals surface area contributed by atoms with E-state index in [9.17, 15) is 4.79 Å². The minimum absolute atomic E-state index is 0.0788. The number of rotatable bonds is 3. The van der Waals surface area contributed by atoms with Crippen molar-refractivity contribution in [1.29, 1.82) is 0 Å². The zero-order chi connectivity index (χ0) is 16.4. The van der Waals surface area contributed by atoms with E-state index in [4.69, 9.17) is 4.98 Å². The monoisotopic (exact) mass is 320 g/mol. The molecule has 0 saturated carbocycles. The highest BCUT2D eigenvalue weighted by Gasteiger charge is 2.21. The summed E-state index contributed by atoms with van der Waals surface area (Å²) >= 11 is 0. The van der Waals surface area contributed by atoms with Crippen LogP contribution in [-0.4, -0.2) is 28.4 Å². The van der Waals surface area contributed by atoms with Crippen LogP contribution in [0.5, 0.6) is 0 Å². The number of fused-ring (bicyclic) bond motifs is 1. The second kappa shape index (κ2) is 6.45. The molecule has 0 atom stereocenters. The van der Waals surface area contributed by atoms with Gasteiger partial charge in [-0.1, -0.05) is 30.3 Å². The lowest BCUT2D eigenvalue weighted by Gasteiger charge is -2.21. The van der Waals surface area contributed by atoms with E-state index in [1.165, 1.54) is 0 Å². The number of carbonyl (C=O) groups is 1. The normalized spacial score (nSPS) is 15.5. The van der Waals surface area contributed by atoms with E-state index < -0.39 is 0 Å². The van der Waals surface area contributed by atoms with Crippen molar-refractivity contribution in [2.75, 3.05) is 18.4 Å². The lowest BCUT2D eigenvalue weighted by Crippen LogP contribution is -2.34. The molecule has 3 aromatic rings. The first-order chi connectivity index (χ1) is 11.8. The van der Waals surface area contributed by atoms with E-state index in [0.717, 1.165) is 48.5 Å². The van der Waals surface area contributed by atoms with Crippen LogP contribution >= 0.6 is 0 Å². The Balaban J connectivity index is 1.63. The quantitative estimate of drug-likeness (QED) is 0.780. The topological polar surface area (TPSA) is 58.4 Å². The van der Waals surface area contributed by atoms with Crippen molar-refractivity contribution < 1.29 is 4.79 Å². The van der Waals surface area contributed by atoms with Crippen molar-refractivity contribution >= 4 is 17.2 Å². The smallest absolute Gasteiger partial charge is 0.227 e. The van der Waals surface area contributed by atoms with Gasteiger partial charge in [0.1, 0.15) is 0 Å². The lowest BCUT2D eigenvalue weighted by atomic mass is 9.97. The molecule has 1 saturated heterocycles. The van der Waals surface area contributed by atoms with E-state index in [1.54, 1.807) is 0 Å². The van der Waals surface area contributed by atoms with Crippen LogP contribution in [-0.2, 0) is 4.79 Å². The molecule has 0 bridgehead atoms. The van der Waals surface area contributed by atoms with E-state index in [0.29, 0.717) is 0 Å². The maximum atomic E-state index is 12.5. The predicted octanol–water partition coefficient (Wildman–Crippen LogP) is 2.94. The Labute approximate surface area is 140 Å². The summed E-state index contributed by atoms with van der Waals surface area (Å²) in [6.45, 7) is 1.81. The number of amides is 1. The fraction of sp³-hybridized carbons (Fsp3) is 0.263. The van der Waals surface area contributed by atoms with Crippen molar-refractivity contribution in [1.82, 2.24) is 14.7 Å². The Morgan fingerprint density at radius 3 is 2.71 bits per heavy atom. The summed E-state index contributed by atoms with van der Waals surface area (Å²) in [5, 5.41) is 6.36. The number of hydrogen-bond donors (Lipinski definition) is 2. The first-order valence-electron chi connectivity index (χ1n) is 8.36. The molecule has 5 nitrogen and oxygen atoms in total. The van der Waals surface area contributed by atoms with E-state index >= 15 is 0 Å². The largest absolute Gasteiger partial charge is 0.323 e. The van der Waals surface area contributed by atoms with Gasteiger partial charge in [-0.3, -0.25) is 4.79 Å². The van der Waals surface area contributed by atoms with E-state index in [-0.39, 0.29) is 11.8 Å². The van der Waals surface area contributed by atoms with Gasteiger partial charge in [0.15, 0.2) is 5.65 Å². The van der Waals surface area contributed by atoms with Crippen LogP contribution in [0.4, 0.5) is 5.69 Å². The molecule has 1 aliphatic heterocycles. The highest BCUT2D eigenvalue weighted by atomic mass is 16.1. The van der Waals surface area contributed by atoms with Crippen LogP contribution in [0.1, 0.15) is 12.8 Å². The third-order valence-corrected chi connectivity index (χ3v) is 4.52. The summed E-state index contributed by atoms with van der Waals surface area (Å²) in [5.41, 5.74) is 3.51. The molecule has 1 aromatic carbocycles. The number of pyridine rings is 1. The van der Waals surface area contributed by atoms with Crippen molar-refractivity contribution in [3.63, 3.8) is 0 Å². The van der Waals surface area contributed by atoms with Crippen molar-refractivity contribution in [3.05, 3.63) is 54.9 Å². The van der Waals surface area contributed by atoms with Crippen LogP contribution in [0.25, 0.3) is 16.9 Å². The molecule has 0 unspecified atom stereocenters. The maximum Gasteiger partial charge on any atom is 0.227 e. The van der Waals surface area contributed by atoms with Crippen LogP contribution in [0, 0.1) is 5.92 Å². The number of hydrogen-bond acceptors (Lipinski definition) is 3. The number of nitrogens with zero attached hydrogens (tertiary/aromatic N) is 2. The van der Waals surface area contributed by atoms with Crippen molar-refractivity contribution in [2.45, 2.75) is 12.8 Å². The molecule has 0 aliphatic carbocycles. The molecule has 0 spiro atoms. The van der Waals surface area contributed by atoms with Crippen LogP contribution in [0.3, 0.4) is 0 Å². The van der Waals surface area contributed by atoms with Crippen molar-refractivity contribution in [3.8, 4) is 11.3 Å². The average molecular weight is 320 g/mol. The van der Waals surface area contributed by atoms with Crippen molar-refractivity contribution in [2.24, 2.45) is 5.92 Å². The van der Waals surface area contributed by atoms with Gasteiger partial charge in [0.2, 0.25) is 5.91 Å². The van der Waals surface area contributed by atoms with Crippen LogP contribution in [0.15, 0.2) is 54.9 Å². The summed E-state index contributed by atoms with van der Waals surface area (Å²) in [4.78, 5) is 17.2. The standard InChI is InChI=1S/C19H20N4O/c24-19(15-8-10-20-11-9-15)22-16-7-4-12-23-13-17(21-18(16)23)14-5-2-1-3-6-14/h1-7,12-13,15,20H,8-11H2,(H,22,24). The minimum Gasteiger partial charge on any atom is -0.323 e.